The van der Waals surface area contributed by atoms with E-state index in [1.54, 1.807) is 0 Å². The number of ether oxygens (including phenoxy) is 1. The Morgan fingerprint density at radius 1 is 1.17 bits per heavy atom. The highest BCUT2D eigenvalue weighted by Crippen LogP contribution is 2.37. The number of rotatable bonds is 4. The van der Waals surface area contributed by atoms with Crippen molar-refractivity contribution in [3.05, 3.63) is 30.0 Å². The van der Waals surface area contributed by atoms with Crippen LogP contribution in [0.25, 0.3) is 10.9 Å². The van der Waals surface area contributed by atoms with Crippen LogP contribution >= 0.6 is 0 Å². The highest BCUT2D eigenvalue weighted by Gasteiger charge is 2.52. The predicted octanol–water partition coefficient (Wildman–Crippen LogP) is 3.77. The first-order chi connectivity index (χ1) is 13.3. The van der Waals surface area contributed by atoms with Crippen LogP contribution in [0.5, 0.6) is 0 Å². The number of carbonyl (C=O) groups excluding carboxylic acids is 1. The number of nitrogens with zero attached hydrogens (tertiary/aromatic N) is 1. The Hall–Kier alpha value is -1.99. The van der Waals surface area contributed by atoms with E-state index in [1.165, 1.54) is 0 Å². The average Bonchev–Trinajstić information content (AvgIpc) is 3.03. The number of nitrogens with one attached hydrogen (secondary N) is 1. The molecule has 0 saturated carbocycles. The lowest BCUT2D eigenvalue weighted by Crippen LogP contribution is -2.41. The summed E-state index contributed by atoms with van der Waals surface area (Å²) in [6, 6.07) is 6.37. The number of amides is 1. The molecule has 6 nitrogen and oxygen atoms in total. The van der Waals surface area contributed by atoms with Crippen LogP contribution in [0.2, 0.25) is 0 Å². The molecule has 158 valence electrons. The fourth-order valence-corrected chi connectivity index (χ4v) is 3.42. The summed E-state index contributed by atoms with van der Waals surface area (Å²) in [5.74, 6) is 0. The second-order valence-electron chi connectivity index (χ2n) is 9.81. The molecule has 1 aliphatic heterocycles. The van der Waals surface area contributed by atoms with Crippen LogP contribution in [-0.4, -0.2) is 41.1 Å². The van der Waals surface area contributed by atoms with Crippen molar-refractivity contribution in [2.75, 3.05) is 6.54 Å². The molecule has 0 bridgehead atoms. The molecule has 2 aromatic rings. The third-order valence-corrected chi connectivity index (χ3v) is 5.59. The maximum absolute atomic E-state index is 11.9. The van der Waals surface area contributed by atoms with Crippen LogP contribution in [0.3, 0.4) is 0 Å². The van der Waals surface area contributed by atoms with E-state index in [2.05, 4.69) is 62.7 Å². The van der Waals surface area contributed by atoms with Gasteiger partial charge in [-0.3, -0.25) is 0 Å². The Bertz CT molecular complexity index is 895. The summed E-state index contributed by atoms with van der Waals surface area (Å²) in [6.07, 6.45) is 1.64. The van der Waals surface area contributed by atoms with E-state index in [-0.39, 0.29) is 11.2 Å². The summed E-state index contributed by atoms with van der Waals surface area (Å²) in [4.78, 5) is 11.9. The van der Waals surface area contributed by atoms with Gasteiger partial charge in [-0.2, -0.15) is 0 Å². The molecule has 2 heterocycles. The number of alkyl carbamates (subject to hydrolysis) is 1. The standard InChI is InChI=1S/C22H33BN2O4/c1-15-13-17(23-28-21(5,6)22(7,8)29-23)16-9-11-25(18(16)14-15)12-10-24-19(26)27-20(2,3)4/h9,11,13-14H,10,12H2,1-8H3,(H,24,26). The van der Waals surface area contributed by atoms with Crippen molar-refractivity contribution in [3.8, 4) is 0 Å². The number of benzene rings is 1. The van der Waals surface area contributed by atoms with Crippen LogP contribution in [0, 0.1) is 6.92 Å². The highest BCUT2D eigenvalue weighted by atomic mass is 16.7. The summed E-state index contributed by atoms with van der Waals surface area (Å²) in [5.41, 5.74) is 2.01. The fourth-order valence-electron chi connectivity index (χ4n) is 3.42. The number of hydrogen-bond acceptors (Lipinski definition) is 4. The zero-order chi connectivity index (χ0) is 21.6. The molecule has 0 spiro atoms. The van der Waals surface area contributed by atoms with E-state index < -0.39 is 18.8 Å². The second-order valence-corrected chi connectivity index (χ2v) is 9.81. The molecule has 0 aliphatic carbocycles. The van der Waals surface area contributed by atoms with Crippen molar-refractivity contribution in [1.29, 1.82) is 0 Å². The van der Waals surface area contributed by atoms with E-state index >= 15 is 0 Å². The van der Waals surface area contributed by atoms with E-state index in [0.717, 1.165) is 21.9 Å². The molecule has 1 fully saturated rings. The fraction of sp³-hybridized carbons (Fsp3) is 0.591. The van der Waals surface area contributed by atoms with Crippen LogP contribution in [0.4, 0.5) is 4.79 Å². The summed E-state index contributed by atoms with van der Waals surface area (Å²) >= 11 is 0. The predicted molar refractivity (Wildman–Crippen MR) is 117 cm³/mol. The van der Waals surface area contributed by atoms with Crippen LogP contribution in [0.15, 0.2) is 24.4 Å². The first-order valence-electron chi connectivity index (χ1n) is 10.2. The zero-order valence-electron chi connectivity index (χ0n) is 18.9. The number of aromatic nitrogens is 1. The van der Waals surface area contributed by atoms with Gasteiger partial charge in [0.05, 0.1) is 11.2 Å². The number of aryl methyl sites for hydroxylation is 1. The molecule has 1 N–H and O–H groups in total. The lowest BCUT2D eigenvalue weighted by molar-refractivity contribution is 0.00578. The van der Waals surface area contributed by atoms with E-state index in [1.807, 2.05) is 27.0 Å². The van der Waals surface area contributed by atoms with Gasteiger partial charge in [-0.1, -0.05) is 6.07 Å². The Labute approximate surface area is 174 Å². The van der Waals surface area contributed by atoms with Crippen molar-refractivity contribution in [2.24, 2.45) is 0 Å². The lowest BCUT2D eigenvalue weighted by Gasteiger charge is -2.32. The van der Waals surface area contributed by atoms with Crippen molar-refractivity contribution in [3.63, 3.8) is 0 Å². The maximum atomic E-state index is 11.9. The first kappa shape index (κ1) is 21.7. The van der Waals surface area contributed by atoms with Crippen molar-refractivity contribution < 1.29 is 18.8 Å². The SMILES string of the molecule is Cc1cc(B2OC(C)(C)C(C)(C)O2)c2ccn(CCNC(=O)OC(C)(C)C)c2c1. The molecule has 1 aromatic carbocycles. The molecule has 1 saturated heterocycles. The third-order valence-electron chi connectivity index (χ3n) is 5.59. The van der Waals surface area contributed by atoms with E-state index in [9.17, 15) is 4.79 Å². The zero-order valence-corrected chi connectivity index (χ0v) is 18.9. The molecule has 29 heavy (non-hydrogen) atoms. The van der Waals surface area contributed by atoms with Gasteiger partial charge in [0.2, 0.25) is 0 Å². The lowest BCUT2D eigenvalue weighted by atomic mass is 9.76. The van der Waals surface area contributed by atoms with Crippen LogP contribution < -0.4 is 10.8 Å². The van der Waals surface area contributed by atoms with Crippen molar-refractivity contribution in [1.82, 2.24) is 9.88 Å². The van der Waals surface area contributed by atoms with Gasteiger partial charge in [0.25, 0.3) is 0 Å². The van der Waals surface area contributed by atoms with Gasteiger partial charge in [0, 0.05) is 24.8 Å². The summed E-state index contributed by atoms with van der Waals surface area (Å²) in [6.45, 7) is 17.0. The van der Waals surface area contributed by atoms with Crippen LogP contribution in [0.1, 0.15) is 54.0 Å². The Morgan fingerprint density at radius 3 is 2.38 bits per heavy atom. The Morgan fingerprint density at radius 2 is 1.79 bits per heavy atom. The molecule has 3 rings (SSSR count). The molecular formula is C22H33BN2O4. The van der Waals surface area contributed by atoms with Gasteiger partial charge in [-0.15, -0.1) is 0 Å². The normalized spacial score (nSPS) is 18.3. The third kappa shape index (κ3) is 4.62. The monoisotopic (exact) mass is 400 g/mol. The average molecular weight is 400 g/mol. The summed E-state index contributed by atoms with van der Waals surface area (Å²) in [5, 5.41) is 3.92. The van der Waals surface area contributed by atoms with Gasteiger partial charge in [0.1, 0.15) is 5.60 Å². The van der Waals surface area contributed by atoms with Crippen molar-refractivity contribution in [2.45, 2.75) is 78.7 Å². The number of hydrogen-bond donors (Lipinski definition) is 1. The van der Waals surface area contributed by atoms with Crippen LogP contribution in [-0.2, 0) is 20.6 Å². The summed E-state index contributed by atoms with van der Waals surface area (Å²) in [7, 11) is -0.405. The van der Waals surface area contributed by atoms with E-state index in [4.69, 9.17) is 14.0 Å². The number of carbonyl (C=O) groups is 1. The Kier molecular flexibility index (Phi) is 5.52. The Balaban J connectivity index is 1.79. The van der Waals surface area contributed by atoms with Gasteiger partial charge >= 0.3 is 13.2 Å². The topological polar surface area (TPSA) is 61.7 Å². The summed E-state index contributed by atoms with van der Waals surface area (Å²) < 4.78 is 20.0. The number of fused-ring (bicyclic) bond motifs is 1. The highest BCUT2D eigenvalue weighted by molar-refractivity contribution is 6.65. The minimum Gasteiger partial charge on any atom is -0.444 e. The quantitative estimate of drug-likeness (QED) is 0.794. The minimum atomic E-state index is -0.501. The molecular weight excluding hydrogens is 367 g/mol. The van der Waals surface area contributed by atoms with Gasteiger partial charge in [-0.05, 0) is 83.9 Å². The second kappa shape index (κ2) is 7.36. The molecule has 0 atom stereocenters. The van der Waals surface area contributed by atoms with E-state index in [0.29, 0.717) is 13.1 Å². The molecule has 1 amide bonds. The molecule has 0 radical (unpaired) electrons. The van der Waals surface area contributed by atoms with Crippen molar-refractivity contribution >= 4 is 29.6 Å². The van der Waals surface area contributed by atoms with Gasteiger partial charge in [-0.25, -0.2) is 4.79 Å². The van der Waals surface area contributed by atoms with Gasteiger partial charge < -0.3 is 23.9 Å². The molecule has 1 aromatic heterocycles. The minimum absolute atomic E-state index is 0.381. The smallest absolute Gasteiger partial charge is 0.444 e. The molecule has 7 heteroatoms. The first-order valence-corrected chi connectivity index (χ1v) is 10.2. The largest absolute Gasteiger partial charge is 0.495 e. The maximum Gasteiger partial charge on any atom is 0.495 e. The molecule has 0 unspecified atom stereocenters. The van der Waals surface area contributed by atoms with Gasteiger partial charge in [0.15, 0.2) is 0 Å². The molecule has 1 aliphatic rings.